The summed E-state index contributed by atoms with van der Waals surface area (Å²) < 4.78 is 0. The Morgan fingerprint density at radius 3 is 2.39 bits per heavy atom. The molecule has 2 bridgehead atoms. The van der Waals surface area contributed by atoms with E-state index in [9.17, 15) is 0 Å². The predicted molar refractivity (Wildman–Crippen MR) is 164 cm³/mol. The molecule has 0 spiro atoms. The average Bonchev–Trinajstić information content (AvgIpc) is 3.11. The molecule has 0 aromatic heterocycles. The number of rotatable bonds is 4. The lowest BCUT2D eigenvalue weighted by Gasteiger charge is -2.23. The fourth-order valence-electron chi connectivity index (χ4n) is 6.20. The molecule has 2 aliphatic rings. The Kier molecular flexibility index (Phi) is 5.76. The number of hydrogen-bond donors (Lipinski definition) is 1. The fourth-order valence-corrected chi connectivity index (χ4v) is 6.20. The minimum Gasteiger partial charge on any atom is -0.361 e. The molecule has 2 nitrogen and oxygen atoms in total. The number of aryl methyl sites for hydroxylation is 1. The topological polar surface area (TPSA) is 24.4 Å². The maximum absolute atomic E-state index is 4.79. The predicted octanol–water partition coefficient (Wildman–Crippen LogP) is 7.93. The maximum Gasteiger partial charge on any atom is 0.0708 e. The van der Waals surface area contributed by atoms with Crippen molar-refractivity contribution in [3.8, 4) is 22.3 Å². The molecule has 4 aromatic rings. The van der Waals surface area contributed by atoms with Crippen LogP contribution in [0, 0.1) is 6.92 Å². The highest BCUT2D eigenvalue weighted by molar-refractivity contribution is 5.98. The molecule has 0 unspecified atom stereocenters. The Labute approximate surface area is 225 Å². The molecule has 1 aliphatic carbocycles. The van der Waals surface area contributed by atoms with Crippen LogP contribution >= 0.6 is 0 Å². The van der Waals surface area contributed by atoms with Gasteiger partial charge in [0.25, 0.3) is 0 Å². The van der Waals surface area contributed by atoms with Crippen LogP contribution in [0.15, 0.2) is 102 Å². The van der Waals surface area contributed by atoms with E-state index < -0.39 is 0 Å². The van der Waals surface area contributed by atoms with Gasteiger partial charge in [-0.2, -0.15) is 0 Å². The van der Waals surface area contributed by atoms with Crippen LogP contribution in [0.4, 0.5) is 11.4 Å². The van der Waals surface area contributed by atoms with Gasteiger partial charge in [0.15, 0.2) is 0 Å². The summed E-state index contributed by atoms with van der Waals surface area (Å²) in [6, 6.07) is 28.0. The Hall–Kier alpha value is -4.43. The first-order valence-corrected chi connectivity index (χ1v) is 13.2. The zero-order valence-corrected chi connectivity index (χ0v) is 22.5. The smallest absolute Gasteiger partial charge is 0.0708 e. The summed E-state index contributed by atoms with van der Waals surface area (Å²) in [5.74, 6) is 0. The van der Waals surface area contributed by atoms with Crippen molar-refractivity contribution in [1.29, 1.82) is 0 Å². The van der Waals surface area contributed by atoms with E-state index in [2.05, 4.69) is 125 Å². The summed E-state index contributed by atoms with van der Waals surface area (Å²) in [7, 11) is 0. The molecule has 1 heterocycles. The van der Waals surface area contributed by atoms with Gasteiger partial charge in [-0.1, -0.05) is 87.2 Å². The number of fused-ring (bicyclic) bond motifs is 5. The van der Waals surface area contributed by atoms with Crippen molar-refractivity contribution in [3.05, 3.63) is 124 Å². The molecule has 0 saturated heterocycles. The third-order valence-electron chi connectivity index (χ3n) is 8.08. The number of nitrogens with zero attached hydrogens (tertiary/aromatic N) is 1. The molecule has 0 radical (unpaired) electrons. The molecular weight excluding hydrogens is 460 g/mol. The van der Waals surface area contributed by atoms with Gasteiger partial charge in [0.2, 0.25) is 0 Å². The van der Waals surface area contributed by atoms with Crippen LogP contribution in [0.3, 0.4) is 0 Å². The largest absolute Gasteiger partial charge is 0.361 e. The number of allylic oxidation sites excluding steroid dienone is 3. The number of benzene rings is 4. The number of aliphatic imine (C=N–C) groups is 1. The Morgan fingerprint density at radius 2 is 1.61 bits per heavy atom. The minimum absolute atomic E-state index is 0.0659. The van der Waals surface area contributed by atoms with E-state index in [0.717, 1.165) is 22.2 Å². The molecule has 186 valence electrons. The second-order valence-electron chi connectivity index (χ2n) is 10.7. The Balaban J connectivity index is 1.56. The van der Waals surface area contributed by atoms with Gasteiger partial charge in [-0.3, -0.25) is 4.99 Å². The normalized spacial score (nSPS) is 15.3. The van der Waals surface area contributed by atoms with Crippen LogP contribution in [0.25, 0.3) is 40.1 Å². The van der Waals surface area contributed by atoms with E-state index in [4.69, 9.17) is 4.99 Å². The van der Waals surface area contributed by atoms with Gasteiger partial charge in [-0.25, -0.2) is 0 Å². The quantitative estimate of drug-likeness (QED) is 0.307. The summed E-state index contributed by atoms with van der Waals surface area (Å²) in [6.45, 7) is 13.1. The molecule has 1 aliphatic heterocycles. The van der Waals surface area contributed by atoms with Crippen LogP contribution in [-0.2, 0) is 5.41 Å². The van der Waals surface area contributed by atoms with E-state index >= 15 is 0 Å². The summed E-state index contributed by atoms with van der Waals surface area (Å²) >= 11 is 0. The second kappa shape index (κ2) is 9.15. The van der Waals surface area contributed by atoms with E-state index in [1.54, 1.807) is 0 Å². The van der Waals surface area contributed by atoms with E-state index in [1.165, 1.54) is 49.7 Å². The molecule has 6 rings (SSSR count). The van der Waals surface area contributed by atoms with Crippen LogP contribution in [0.2, 0.25) is 0 Å². The lowest BCUT2D eigenvalue weighted by Crippen LogP contribution is -2.32. The third-order valence-corrected chi connectivity index (χ3v) is 8.08. The zero-order chi connectivity index (χ0) is 26.4. The molecule has 2 heteroatoms. The zero-order valence-electron chi connectivity index (χ0n) is 22.5. The highest BCUT2D eigenvalue weighted by Crippen LogP contribution is 2.47. The lowest BCUT2D eigenvalue weighted by molar-refractivity contribution is 0.654. The third kappa shape index (κ3) is 3.76. The molecule has 0 saturated carbocycles. The summed E-state index contributed by atoms with van der Waals surface area (Å²) in [5, 5.41) is 6.00. The van der Waals surface area contributed by atoms with Gasteiger partial charge >= 0.3 is 0 Å². The summed E-state index contributed by atoms with van der Waals surface area (Å²) in [6.07, 6.45) is 8.26. The van der Waals surface area contributed by atoms with Crippen molar-refractivity contribution in [2.24, 2.45) is 4.99 Å². The molecule has 0 amide bonds. The van der Waals surface area contributed by atoms with Gasteiger partial charge in [0.05, 0.1) is 5.69 Å². The van der Waals surface area contributed by atoms with E-state index in [1.807, 2.05) is 18.4 Å². The lowest BCUT2D eigenvalue weighted by atomic mass is 9.81. The van der Waals surface area contributed by atoms with Crippen LogP contribution in [0.5, 0.6) is 0 Å². The Bertz CT molecular complexity index is 1780. The number of nitrogens with one attached hydrogen (secondary N) is 1. The molecule has 0 atom stereocenters. The highest BCUT2D eigenvalue weighted by atomic mass is 14.8. The molecule has 0 fully saturated rings. The Morgan fingerprint density at radius 1 is 0.842 bits per heavy atom. The average molecular weight is 493 g/mol. The summed E-state index contributed by atoms with van der Waals surface area (Å²) in [5.41, 5.74) is 13.3. The number of anilines is 1. The minimum atomic E-state index is -0.0659. The first-order valence-electron chi connectivity index (χ1n) is 13.2. The monoisotopic (exact) mass is 492 g/mol. The van der Waals surface area contributed by atoms with Gasteiger partial charge in [0.1, 0.15) is 0 Å². The van der Waals surface area contributed by atoms with Gasteiger partial charge in [-0.15, -0.1) is 0 Å². The number of para-hydroxylation sites is 1. The van der Waals surface area contributed by atoms with Gasteiger partial charge in [0, 0.05) is 34.3 Å². The van der Waals surface area contributed by atoms with Gasteiger partial charge in [-0.05, 0) is 87.9 Å². The first kappa shape index (κ1) is 23.9. The first-order chi connectivity index (χ1) is 18.4. The van der Waals surface area contributed by atoms with Crippen LogP contribution in [-0.4, -0.2) is 6.21 Å². The highest BCUT2D eigenvalue weighted by Gasteiger charge is 2.34. The molecule has 1 N–H and O–H groups in total. The number of hydrogen-bond acceptors (Lipinski definition) is 2. The second-order valence-corrected chi connectivity index (χ2v) is 10.7. The van der Waals surface area contributed by atoms with Crippen molar-refractivity contribution < 1.29 is 0 Å². The van der Waals surface area contributed by atoms with Crippen molar-refractivity contribution in [1.82, 2.24) is 0 Å². The van der Waals surface area contributed by atoms with E-state index in [0.29, 0.717) is 0 Å². The van der Waals surface area contributed by atoms with Crippen LogP contribution in [0.1, 0.15) is 37.5 Å². The molecular formula is C36H32N2. The van der Waals surface area contributed by atoms with Gasteiger partial charge < -0.3 is 5.32 Å². The van der Waals surface area contributed by atoms with Crippen LogP contribution < -0.4 is 15.8 Å². The van der Waals surface area contributed by atoms with Crippen molar-refractivity contribution in [3.63, 3.8) is 0 Å². The van der Waals surface area contributed by atoms with Crippen molar-refractivity contribution >= 4 is 35.4 Å². The van der Waals surface area contributed by atoms with Crippen molar-refractivity contribution in [2.45, 2.75) is 33.1 Å². The fraction of sp³-hybridized carbons (Fsp3) is 0.139. The molecule has 4 aromatic carbocycles. The maximum atomic E-state index is 4.79. The standard InChI is InChI=1S/C36H32N2/c1-6-32-24(3)27-17-16-26(21-33(27)36(32,4)5)38-22-31-29-18-19-37-34-15-11-10-14-28(34)30(31)20-23(2)35(29)25-12-8-7-9-13-25/h6-22,38H,1H2,2-5H3/b19-18?,29-18?,30-28?,31-22-,37-19?,37-34?. The van der Waals surface area contributed by atoms with Crippen molar-refractivity contribution in [2.75, 3.05) is 5.32 Å². The molecule has 38 heavy (non-hydrogen) atoms. The summed E-state index contributed by atoms with van der Waals surface area (Å²) in [4.78, 5) is 4.79. The SMILES string of the molecule is C=CC1=C(C)c2ccc(N/C=c3\c4cc(C)c(-c5ccccc5)c3=CC=Nc3ccccc3-4)cc2C1(C)C. The van der Waals surface area contributed by atoms with E-state index in [-0.39, 0.29) is 5.41 Å².